The van der Waals surface area contributed by atoms with E-state index in [0.717, 1.165) is 5.56 Å². The summed E-state index contributed by atoms with van der Waals surface area (Å²) in [5.74, 6) is 0.898. The van der Waals surface area contributed by atoms with Crippen molar-refractivity contribution < 1.29 is 9.53 Å². The first kappa shape index (κ1) is 12.3. The van der Waals surface area contributed by atoms with Gasteiger partial charge in [-0.3, -0.25) is 14.2 Å². The Morgan fingerprint density at radius 1 is 1.15 bits per heavy atom. The fourth-order valence-corrected chi connectivity index (χ4v) is 2.15. The standard InChI is InChI=1S/C15H12N2O3/c1-9-15(19)17-8-12(13(18)7-14(17)16-9)10-3-5-11(20-2)6-4-10/h3-8H,1-2H3. The molecule has 0 saturated heterocycles. The molecule has 0 spiro atoms. The van der Waals surface area contributed by atoms with Gasteiger partial charge >= 0.3 is 0 Å². The number of ether oxygens (including phenoxy) is 1. The lowest BCUT2D eigenvalue weighted by Gasteiger charge is -2.06. The average molecular weight is 268 g/mol. The molecule has 1 aromatic heterocycles. The zero-order chi connectivity index (χ0) is 14.3. The molecule has 3 rings (SSSR count). The van der Waals surface area contributed by atoms with Crippen LogP contribution in [0.15, 0.2) is 46.3 Å². The van der Waals surface area contributed by atoms with Crippen LogP contribution in [-0.4, -0.2) is 23.3 Å². The van der Waals surface area contributed by atoms with E-state index in [9.17, 15) is 9.59 Å². The van der Waals surface area contributed by atoms with E-state index in [1.54, 1.807) is 44.5 Å². The van der Waals surface area contributed by atoms with Gasteiger partial charge in [-0.1, -0.05) is 12.1 Å². The van der Waals surface area contributed by atoms with Crippen LogP contribution in [0.2, 0.25) is 0 Å². The summed E-state index contributed by atoms with van der Waals surface area (Å²) in [6.07, 6.45) is 1.54. The monoisotopic (exact) mass is 268 g/mol. The molecule has 1 aliphatic heterocycles. The Morgan fingerprint density at radius 3 is 2.50 bits per heavy atom. The first-order chi connectivity index (χ1) is 9.60. The number of pyridine rings is 1. The second-order valence-corrected chi connectivity index (χ2v) is 4.51. The van der Waals surface area contributed by atoms with E-state index in [1.807, 2.05) is 0 Å². The third kappa shape index (κ3) is 1.84. The molecule has 0 bridgehead atoms. The van der Waals surface area contributed by atoms with E-state index >= 15 is 0 Å². The SMILES string of the molecule is COc1ccc(-c2cn3c(cc2=O)N=C(C)C3=O)cc1. The summed E-state index contributed by atoms with van der Waals surface area (Å²) in [7, 11) is 1.58. The van der Waals surface area contributed by atoms with Gasteiger partial charge in [-0.15, -0.1) is 0 Å². The first-order valence-corrected chi connectivity index (χ1v) is 6.11. The maximum Gasteiger partial charge on any atom is 0.277 e. The van der Waals surface area contributed by atoms with Crippen molar-refractivity contribution in [3.05, 3.63) is 46.8 Å². The highest BCUT2D eigenvalue weighted by Gasteiger charge is 2.21. The minimum absolute atomic E-state index is 0.160. The van der Waals surface area contributed by atoms with E-state index in [1.165, 1.54) is 10.6 Å². The molecule has 0 aliphatic carbocycles. The van der Waals surface area contributed by atoms with Crippen molar-refractivity contribution >= 4 is 17.4 Å². The van der Waals surface area contributed by atoms with Crippen LogP contribution in [0.5, 0.6) is 5.75 Å². The van der Waals surface area contributed by atoms with Crippen molar-refractivity contribution in [1.29, 1.82) is 0 Å². The second kappa shape index (κ2) is 4.45. The first-order valence-electron chi connectivity index (χ1n) is 6.11. The van der Waals surface area contributed by atoms with Gasteiger partial charge in [-0.05, 0) is 24.6 Å². The Balaban J connectivity index is 2.13. The molecule has 5 heteroatoms. The highest BCUT2D eigenvalue weighted by Crippen LogP contribution is 2.24. The van der Waals surface area contributed by atoms with Crippen molar-refractivity contribution in [3.63, 3.8) is 0 Å². The van der Waals surface area contributed by atoms with Gasteiger partial charge in [0.25, 0.3) is 5.91 Å². The molecule has 0 saturated carbocycles. The van der Waals surface area contributed by atoms with Crippen molar-refractivity contribution in [3.8, 4) is 16.9 Å². The number of fused-ring (bicyclic) bond motifs is 1. The Hall–Kier alpha value is -2.69. The van der Waals surface area contributed by atoms with Crippen LogP contribution < -0.4 is 10.2 Å². The lowest BCUT2D eigenvalue weighted by Crippen LogP contribution is -2.16. The van der Waals surface area contributed by atoms with Gasteiger partial charge in [0.2, 0.25) is 0 Å². The largest absolute Gasteiger partial charge is 0.497 e. The Labute approximate surface area is 115 Å². The molecule has 20 heavy (non-hydrogen) atoms. The van der Waals surface area contributed by atoms with E-state index < -0.39 is 0 Å². The molecule has 0 atom stereocenters. The molecule has 0 N–H and O–H groups in total. The van der Waals surface area contributed by atoms with Crippen molar-refractivity contribution in [2.75, 3.05) is 7.11 Å². The number of aromatic nitrogens is 1. The second-order valence-electron chi connectivity index (χ2n) is 4.51. The number of aliphatic imine (C=N–C) groups is 1. The number of nitrogens with zero attached hydrogens (tertiary/aromatic N) is 2. The Morgan fingerprint density at radius 2 is 1.85 bits per heavy atom. The predicted molar refractivity (Wildman–Crippen MR) is 76.1 cm³/mol. The molecular formula is C15H12N2O3. The smallest absolute Gasteiger partial charge is 0.277 e. The summed E-state index contributed by atoms with van der Waals surface area (Å²) in [5.41, 5.74) is 1.43. The minimum Gasteiger partial charge on any atom is -0.497 e. The van der Waals surface area contributed by atoms with Gasteiger partial charge in [0.05, 0.1) is 7.11 Å². The predicted octanol–water partition coefficient (Wildman–Crippen LogP) is 2.27. The molecule has 2 heterocycles. The Kier molecular flexibility index (Phi) is 2.75. The molecule has 0 fully saturated rings. The summed E-state index contributed by atoms with van der Waals surface area (Å²) in [6.45, 7) is 1.63. The number of benzene rings is 1. The fourth-order valence-electron chi connectivity index (χ4n) is 2.15. The van der Waals surface area contributed by atoms with E-state index in [0.29, 0.717) is 22.8 Å². The van der Waals surface area contributed by atoms with Gasteiger partial charge in [0, 0.05) is 17.8 Å². The average Bonchev–Trinajstić information content (AvgIpc) is 2.73. The number of rotatable bonds is 2. The van der Waals surface area contributed by atoms with Crippen LogP contribution in [0.4, 0.5) is 5.82 Å². The lowest BCUT2D eigenvalue weighted by molar-refractivity contribution is 0.0997. The summed E-state index contributed by atoms with van der Waals surface area (Å²) in [6, 6.07) is 8.51. The highest BCUT2D eigenvalue weighted by atomic mass is 16.5. The maximum absolute atomic E-state index is 12.1. The third-order valence-corrected chi connectivity index (χ3v) is 3.24. The number of methoxy groups -OCH3 is 1. The van der Waals surface area contributed by atoms with Crippen molar-refractivity contribution in [1.82, 2.24) is 4.57 Å². The van der Waals surface area contributed by atoms with Gasteiger partial charge in [-0.25, -0.2) is 4.99 Å². The maximum atomic E-state index is 12.1. The van der Waals surface area contributed by atoms with Crippen LogP contribution in [0.25, 0.3) is 11.1 Å². The number of hydrogen-bond donors (Lipinski definition) is 0. The van der Waals surface area contributed by atoms with Crippen LogP contribution in [-0.2, 0) is 0 Å². The molecule has 0 unspecified atom stereocenters. The highest BCUT2D eigenvalue weighted by molar-refractivity contribution is 6.41. The molecule has 0 radical (unpaired) electrons. The van der Waals surface area contributed by atoms with Crippen molar-refractivity contribution in [2.45, 2.75) is 6.92 Å². The normalized spacial score (nSPS) is 13.1. The fraction of sp³-hybridized carbons (Fsp3) is 0.133. The molecule has 1 aromatic carbocycles. The topological polar surface area (TPSA) is 60.7 Å². The quantitative estimate of drug-likeness (QED) is 0.839. The lowest BCUT2D eigenvalue weighted by atomic mass is 10.1. The Bertz CT molecular complexity index is 786. The zero-order valence-electron chi connectivity index (χ0n) is 11.1. The number of hydrogen-bond acceptors (Lipinski definition) is 4. The van der Waals surface area contributed by atoms with Crippen LogP contribution in [0, 0.1) is 0 Å². The summed E-state index contributed by atoms with van der Waals surface area (Å²) in [5, 5.41) is 0. The van der Waals surface area contributed by atoms with Crippen molar-refractivity contribution in [2.24, 2.45) is 4.99 Å². The number of carbonyl (C=O) groups is 1. The van der Waals surface area contributed by atoms with Crippen LogP contribution >= 0.6 is 0 Å². The minimum atomic E-state index is -0.199. The molecular weight excluding hydrogens is 256 g/mol. The van der Waals surface area contributed by atoms with E-state index in [4.69, 9.17) is 4.74 Å². The van der Waals surface area contributed by atoms with Gasteiger partial charge < -0.3 is 4.74 Å². The van der Waals surface area contributed by atoms with E-state index in [2.05, 4.69) is 4.99 Å². The summed E-state index contributed by atoms with van der Waals surface area (Å²) >= 11 is 0. The van der Waals surface area contributed by atoms with Crippen LogP contribution in [0.1, 0.15) is 11.7 Å². The van der Waals surface area contributed by atoms with Gasteiger partial charge in [0.15, 0.2) is 5.43 Å². The van der Waals surface area contributed by atoms with E-state index in [-0.39, 0.29) is 11.3 Å². The molecule has 0 amide bonds. The molecule has 1 aliphatic rings. The van der Waals surface area contributed by atoms with Crippen LogP contribution in [0.3, 0.4) is 0 Å². The molecule has 5 nitrogen and oxygen atoms in total. The summed E-state index contributed by atoms with van der Waals surface area (Å²) in [4.78, 5) is 28.1. The molecule has 2 aromatic rings. The molecule has 100 valence electrons. The zero-order valence-corrected chi connectivity index (χ0v) is 11.1. The number of carbonyl (C=O) groups excluding carboxylic acids is 1. The third-order valence-electron chi connectivity index (χ3n) is 3.24. The van der Waals surface area contributed by atoms with Gasteiger partial charge in [0.1, 0.15) is 17.3 Å². The summed E-state index contributed by atoms with van der Waals surface area (Å²) < 4.78 is 6.48. The van der Waals surface area contributed by atoms with Gasteiger partial charge in [-0.2, -0.15) is 0 Å².